The Morgan fingerprint density at radius 3 is 2.50 bits per heavy atom. The summed E-state index contributed by atoms with van der Waals surface area (Å²) in [6.45, 7) is 3.38. The number of hydrogen-bond donors (Lipinski definition) is 0. The molecule has 0 unspecified atom stereocenters. The predicted molar refractivity (Wildman–Crippen MR) is 78.4 cm³/mol. The average molecular weight is 278 g/mol. The van der Waals surface area contributed by atoms with Crippen LogP contribution in [-0.2, 0) is 6.42 Å². The van der Waals surface area contributed by atoms with E-state index in [0.717, 1.165) is 24.8 Å². The topological polar surface area (TPSA) is 23.6 Å². The van der Waals surface area contributed by atoms with Crippen molar-refractivity contribution in [3.8, 4) is 0 Å². The molecule has 0 atom stereocenters. The van der Waals surface area contributed by atoms with Crippen molar-refractivity contribution in [1.82, 2.24) is 9.80 Å². The molecule has 1 aliphatic heterocycles. The molecular formula is C16H23FN2O. The van der Waals surface area contributed by atoms with E-state index in [2.05, 4.69) is 19.0 Å². The number of benzene rings is 1. The minimum Gasteiger partial charge on any atom is -0.338 e. The minimum absolute atomic E-state index is 0.178. The molecule has 2 rings (SSSR count). The standard InChI is InChI=1S/C16H23FN2O/c1-4-12-5-6-14(15(17)11-12)16(20)19-9-7-13(8-10-19)18(2)3/h5-6,11,13H,4,7-10H2,1-3H3. The Balaban J connectivity index is 2.05. The van der Waals surface area contributed by atoms with Crippen LogP contribution in [0.5, 0.6) is 0 Å². The summed E-state index contributed by atoms with van der Waals surface area (Å²) in [6.07, 6.45) is 2.68. The molecular weight excluding hydrogens is 255 g/mol. The third kappa shape index (κ3) is 3.18. The van der Waals surface area contributed by atoms with Crippen LogP contribution in [0.4, 0.5) is 4.39 Å². The first-order valence-electron chi connectivity index (χ1n) is 7.27. The fourth-order valence-corrected chi connectivity index (χ4v) is 2.71. The highest BCUT2D eigenvalue weighted by molar-refractivity contribution is 5.94. The molecule has 1 aromatic rings. The fraction of sp³-hybridized carbons (Fsp3) is 0.562. The van der Waals surface area contributed by atoms with Crippen molar-refractivity contribution < 1.29 is 9.18 Å². The predicted octanol–water partition coefficient (Wildman–Crippen LogP) is 2.55. The summed E-state index contributed by atoms with van der Waals surface area (Å²) in [4.78, 5) is 16.3. The van der Waals surface area contributed by atoms with Crippen LogP contribution in [0, 0.1) is 5.82 Å². The number of rotatable bonds is 3. The number of likely N-dealkylation sites (tertiary alicyclic amines) is 1. The van der Waals surface area contributed by atoms with E-state index in [0.29, 0.717) is 19.1 Å². The van der Waals surface area contributed by atoms with Crippen molar-refractivity contribution in [2.24, 2.45) is 0 Å². The van der Waals surface area contributed by atoms with Crippen LogP contribution in [0.25, 0.3) is 0 Å². The third-order valence-corrected chi connectivity index (χ3v) is 4.15. The Morgan fingerprint density at radius 2 is 2.00 bits per heavy atom. The van der Waals surface area contributed by atoms with Crippen LogP contribution < -0.4 is 0 Å². The van der Waals surface area contributed by atoms with Crippen LogP contribution in [-0.4, -0.2) is 48.9 Å². The van der Waals surface area contributed by atoms with Crippen molar-refractivity contribution >= 4 is 5.91 Å². The molecule has 0 saturated carbocycles. The molecule has 0 aliphatic carbocycles. The quantitative estimate of drug-likeness (QED) is 0.848. The van der Waals surface area contributed by atoms with Gasteiger partial charge in [0.2, 0.25) is 0 Å². The lowest BCUT2D eigenvalue weighted by molar-refractivity contribution is 0.0658. The highest BCUT2D eigenvalue weighted by Gasteiger charge is 2.26. The summed E-state index contributed by atoms with van der Waals surface area (Å²) in [5.74, 6) is -0.577. The van der Waals surface area contributed by atoms with Gasteiger partial charge in [-0.2, -0.15) is 0 Å². The van der Waals surface area contributed by atoms with E-state index in [1.54, 1.807) is 11.0 Å². The highest BCUT2D eigenvalue weighted by atomic mass is 19.1. The zero-order valence-electron chi connectivity index (χ0n) is 12.5. The maximum atomic E-state index is 14.0. The van der Waals surface area contributed by atoms with Gasteiger partial charge in [-0.25, -0.2) is 4.39 Å². The van der Waals surface area contributed by atoms with E-state index < -0.39 is 5.82 Å². The highest BCUT2D eigenvalue weighted by Crippen LogP contribution is 2.19. The van der Waals surface area contributed by atoms with E-state index in [-0.39, 0.29) is 11.5 Å². The number of aryl methyl sites for hydroxylation is 1. The normalized spacial score (nSPS) is 16.8. The van der Waals surface area contributed by atoms with Crippen molar-refractivity contribution in [1.29, 1.82) is 0 Å². The number of carbonyl (C=O) groups excluding carboxylic acids is 1. The summed E-state index contributed by atoms with van der Waals surface area (Å²) in [6, 6.07) is 5.45. The van der Waals surface area contributed by atoms with Crippen LogP contribution >= 0.6 is 0 Å². The second kappa shape index (κ2) is 6.35. The van der Waals surface area contributed by atoms with Crippen molar-refractivity contribution in [3.05, 3.63) is 35.1 Å². The Hall–Kier alpha value is -1.42. The molecule has 0 aromatic heterocycles. The molecule has 1 heterocycles. The van der Waals surface area contributed by atoms with Crippen molar-refractivity contribution in [2.75, 3.05) is 27.2 Å². The number of halogens is 1. The third-order valence-electron chi connectivity index (χ3n) is 4.15. The molecule has 4 heteroatoms. The average Bonchev–Trinajstić information content (AvgIpc) is 2.46. The van der Waals surface area contributed by atoms with Gasteiger partial charge in [-0.1, -0.05) is 13.0 Å². The lowest BCUT2D eigenvalue weighted by Crippen LogP contribution is -2.44. The zero-order chi connectivity index (χ0) is 14.7. The van der Waals surface area contributed by atoms with Crippen molar-refractivity contribution in [2.45, 2.75) is 32.2 Å². The van der Waals surface area contributed by atoms with Crippen LogP contribution in [0.2, 0.25) is 0 Å². The second-order valence-corrected chi connectivity index (χ2v) is 5.65. The lowest BCUT2D eigenvalue weighted by Gasteiger charge is -2.35. The Bertz CT molecular complexity index is 479. The maximum absolute atomic E-state index is 14.0. The van der Waals surface area contributed by atoms with Crippen molar-refractivity contribution in [3.63, 3.8) is 0 Å². The summed E-state index contributed by atoms with van der Waals surface area (Å²) < 4.78 is 14.0. The van der Waals surface area contributed by atoms with Gasteiger partial charge in [0.05, 0.1) is 5.56 Å². The van der Waals surface area contributed by atoms with Gasteiger partial charge < -0.3 is 9.80 Å². The number of nitrogens with zero attached hydrogens (tertiary/aromatic N) is 2. The molecule has 0 radical (unpaired) electrons. The second-order valence-electron chi connectivity index (χ2n) is 5.65. The number of hydrogen-bond acceptors (Lipinski definition) is 2. The van der Waals surface area contributed by atoms with Gasteiger partial charge in [-0.3, -0.25) is 4.79 Å². The summed E-state index contributed by atoms with van der Waals surface area (Å²) in [5.41, 5.74) is 1.12. The molecule has 1 aromatic carbocycles. The number of carbonyl (C=O) groups is 1. The molecule has 1 fully saturated rings. The summed E-state index contributed by atoms with van der Waals surface area (Å²) in [5, 5.41) is 0. The Kier molecular flexibility index (Phi) is 4.76. The minimum atomic E-state index is -0.399. The summed E-state index contributed by atoms with van der Waals surface area (Å²) in [7, 11) is 4.12. The molecule has 20 heavy (non-hydrogen) atoms. The lowest BCUT2D eigenvalue weighted by atomic mass is 10.0. The van der Waals surface area contributed by atoms with Gasteiger partial charge in [0.1, 0.15) is 5.82 Å². The smallest absolute Gasteiger partial charge is 0.256 e. The molecule has 3 nitrogen and oxygen atoms in total. The first-order chi connectivity index (χ1) is 9.52. The molecule has 0 N–H and O–H groups in total. The van der Waals surface area contributed by atoms with Crippen LogP contribution in [0.1, 0.15) is 35.7 Å². The monoisotopic (exact) mass is 278 g/mol. The Labute approximate surface area is 120 Å². The first kappa shape index (κ1) is 15.0. The molecule has 1 saturated heterocycles. The number of amides is 1. The SMILES string of the molecule is CCc1ccc(C(=O)N2CCC(N(C)C)CC2)c(F)c1. The van der Waals surface area contributed by atoms with Crippen LogP contribution in [0.3, 0.4) is 0 Å². The molecule has 0 bridgehead atoms. The van der Waals surface area contributed by atoms with Gasteiger partial charge in [-0.05, 0) is 51.1 Å². The van der Waals surface area contributed by atoms with Gasteiger partial charge in [0.15, 0.2) is 0 Å². The molecule has 0 spiro atoms. The first-order valence-corrected chi connectivity index (χ1v) is 7.27. The molecule has 1 amide bonds. The zero-order valence-corrected chi connectivity index (χ0v) is 12.5. The van der Waals surface area contributed by atoms with E-state index >= 15 is 0 Å². The summed E-state index contributed by atoms with van der Waals surface area (Å²) >= 11 is 0. The van der Waals surface area contributed by atoms with E-state index in [1.807, 2.05) is 13.0 Å². The number of piperidine rings is 1. The van der Waals surface area contributed by atoms with Gasteiger partial charge in [0.25, 0.3) is 5.91 Å². The van der Waals surface area contributed by atoms with E-state index in [1.165, 1.54) is 6.07 Å². The van der Waals surface area contributed by atoms with Gasteiger partial charge in [0, 0.05) is 19.1 Å². The van der Waals surface area contributed by atoms with E-state index in [4.69, 9.17) is 0 Å². The largest absolute Gasteiger partial charge is 0.338 e. The Morgan fingerprint density at radius 1 is 1.35 bits per heavy atom. The van der Waals surface area contributed by atoms with Gasteiger partial charge >= 0.3 is 0 Å². The van der Waals surface area contributed by atoms with E-state index in [9.17, 15) is 9.18 Å². The maximum Gasteiger partial charge on any atom is 0.256 e. The van der Waals surface area contributed by atoms with Crippen LogP contribution in [0.15, 0.2) is 18.2 Å². The molecule has 110 valence electrons. The van der Waals surface area contributed by atoms with Gasteiger partial charge in [-0.15, -0.1) is 0 Å². The fourth-order valence-electron chi connectivity index (χ4n) is 2.71. The molecule has 1 aliphatic rings.